The Morgan fingerprint density at radius 3 is 2.45 bits per heavy atom. The van der Waals surface area contributed by atoms with Gasteiger partial charge in [-0.15, -0.1) is 23.4 Å². The number of halogens is 3. The molecule has 1 saturated heterocycles. The molecular formula is C30H29F3N6O2S. The van der Waals surface area contributed by atoms with E-state index in [9.17, 15) is 18.3 Å². The van der Waals surface area contributed by atoms with E-state index in [0.717, 1.165) is 27.9 Å². The van der Waals surface area contributed by atoms with Gasteiger partial charge in [-0.2, -0.15) is 5.10 Å². The van der Waals surface area contributed by atoms with Gasteiger partial charge >= 0.3 is 6.36 Å². The van der Waals surface area contributed by atoms with Crippen molar-refractivity contribution in [3.8, 4) is 22.8 Å². The van der Waals surface area contributed by atoms with Gasteiger partial charge in [-0.25, -0.2) is 9.67 Å². The van der Waals surface area contributed by atoms with Crippen molar-refractivity contribution in [3.63, 3.8) is 0 Å². The van der Waals surface area contributed by atoms with Crippen LogP contribution in [0.15, 0.2) is 83.3 Å². The third-order valence-corrected chi connectivity index (χ3v) is 7.83. The number of aromatic nitrogens is 3. The van der Waals surface area contributed by atoms with Gasteiger partial charge in [0.1, 0.15) is 12.1 Å². The minimum Gasteiger partial charge on any atom is -0.406 e. The van der Waals surface area contributed by atoms with Crippen molar-refractivity contribution in [2.24, 2.45) is 10.2 Å². The molecule has 0 amide bonds. The molecule has 0 spiro atoms. The van der Waals surface area contributed by atoms with E-state index < -0.39 is 12.1 Å². The highest BCUT2D eigenvalue weighted by atomic mass is 32.2. The summed E-state index contributed by atoms with van der Waals surface area (Å²) in [5.41, 5.74) is 4.24. The zero-order valence-corrected chi connectivity index (χ0v) is 24.2. The summed E-state index contributed by atoms with van der Waals surface area (Å²) in [7, 11) is 0. The Kier molecular flexibility index (Phi) is 8.11. The van der Waals surface area contributed by atoms with E-state index in [1.165, 1.54) is 47.0 Å². The van der Waals surface area contributed by atoms with E-state index in [0.29, 0.717) is 22.4 Å². The van der Waals surface area contributed by atoms with Gasteiger partial charge in [0.2, 0.25) is 0 Å². The number of nitrogens with zero attached hydrogens (tertiary/aromatic N) is 6. The average molecular weight is 595 g/mol. The largest absolute Gasteiger partial charge is 0.573 e. The minimum absolute atomic E-state index is 0.269. The summed E-state index contributed by atoms with van der Waals surface area (Å²) in [4.78, 5) is 6.18. The molecule has 1 aliphatic heterocycles. The summed E-state index contributed by atoms with van der Waals surface area (Å²) in [5.74, 6) is 0.875. The van der Waals surface area contributed by atoms with Gasteiger partial charge in [0.25, 0.3) is 0 Å². The molecule has 0 bridgehead atoms. The Balaban J connectivity index is 1.30. The van der Waals surface area contributed by atoms with Crippen LogP contribution in [-0.4, -0.2) is 49.1 Å². The van der Waals surface area contributed by atoms with Gasteiger partial charge in [0, 0.05) is 17.0 Å². The van der Waals surface area contributed by atoms with E-state index in [2.05, 4.69) is 51.9 Å². The Labute approximate surface area is 245 Å². The van der Waals surface area contributed by atoms with Crippen molar-refractivity contribution >= 4 is 28.8 Å². The molecule has 42 heavy (non-hydrogen) atoms. The summed E-state index contributed by atoms with van der Waals surface area (Å²) in [6, 6.07) is 18.8. The molecule has 8 nitrogen and oxygen atoms in total. The number of aliphatic hydroxyl groups is 1. The fourth-order valence-electron chi connectivity index (χ4n) is 4.77. The Morgan fingerprint density at radius 2 is 1.79 bits per heavy atom. The molecule has 1 fully saturated rings. The van der Waals surface area contributed by atoms with Crippen molar-refractivity contribution in [3.05, 3.63) is 89.7 Å². The summed E-state index contributed by atoms with van der Waals surface area (Å²) in [6.45, 7) is 8.13. The number of alkyl halides is 3. The molecular weight excluding hydrogens is 565 g/mol. The number of hydrogen-bond donors (Lipinski definition) is 1. The number of thioether (sulfide) groups is 1. The monoisotopic (exact) mass is 594 g/mol. The van der Waals surface area contributed by atoms with E-state index in [4.69, 9.17) is 0 Å². The number of anilines is 1. The van der Waals surface area contributed by atoms with E-state index in [-0.39, 0.29) is 11.7 Å². The number of hydrogen-bond acceptors (Lipinski definition) is 7. The quantitative estimate of drug-likeness (QED) is 0.185. The second kappa shape index (κ2) is 11.6. The Morgan fingerprint density at radius 1 is 1.07 bits per heavy atom. The molecule has 1 atom stereocenters. The zero-order valence-electron chi connectivity index (χ0n) is 23.4. The number of amidine groups is 1. The van der Waals surface area contributed by atoms with Crippen LogP contribution in [0.1, 0.15) is 43.4 Å². The predicted molar refractivity (Wildman–Crippen MR) is 159 cm³/mol. The van der Waals surface area contributed by atoms with Crippen LogP contribution in [-0.2, 0) is 0 Å². The standard InChI is InChI=1S/C30H29F3N6O2S/c1-19(2)26-20(3)6-5-7-25(26)39-28(42-17-29(39,4)40)36-35-16-21-8-10-22(11-9-21)27-34-18-38(37-27)23-12-14-24(15-13-23)41-30(31,32)33/h5-16,18-19,40H,17H2,1-4H3/b35-16+,36-28-. The second-order valence-corrected chi connectivity index (χ2v) is 11.2. The number of aryl methyl sites for hydroxylation is 1. The van der Waals surface area contributed by atoms with Crippen molar-refractivity contribution < 1.29 is 23.0 Å². The molecule has 0 radical (unpaired) electrons. The van der Waals surface area contributed by atoms with Gasteiger partial charge in [0.05, 0.1) is 11.9 Å². The van der Waals surface area contributed by atoms with Crippen molar-refractivity contribution in [2.45, 2.75) is 45.7 Å². The number of ether oxygens (including phenoxy) is 1. The third kappa shape index (κ3) is 6.50. The first kappa shape index (κ1) is 29.3. The fraction of sp³-hybridized carbons (Fsp3) is 0.267. The lowest BCUT2D eigenvalue weighted by molar-refractivity contribution is -0.274. The van der Waals surface area contributed by atoms with Gasteiger partial charge in [-0.05, 0) is 66.8 Å². The van der Waals surface area contributed by atoms with Crippen LogP contribution in [0.2, 0.25) is 0 Å². The van der Waals surface area contributed by atoms with Gasteiger partial charge in [-0.1, -0.05) is 62.0 Å². The number of rotatable bonds is 7. The minimum atomic E-state index is -4.75. The van der Waals surface area contributed by atoms with Crippen LogP contribution < -0.4 is 9.64 Å². The molecule has 1 aromatic heterocycles. The van der Waals surface area contributed by atoms with Crippen LogP contribution in [0, 0.1) is 6.92 Å². The van der Waals surface area contributed by atoms with E-state index in [1.807, 2.05) is 41.3 Å². The molecule has 0 aliphatic carbocycles. The zero-order chi connectivity index (χ0) is 30.1. The van der Waals surface area contributed by atoms with E-state index in [1.54, 1.807) is 13.1 Å². The van der Waals surface area contributed by atoms with Crippen LogP contribution in [0.5, 0.6) is 5.75 Å². The average Bonchev–Trinajstić information content (AvgIpc) is 3.53. The normalized spacial score (nSPS) is 18.5. The van der Waals surface area contributed by atoms with Crippen molar-refractivity contribution in [2.75, 3.05) is 10.7 Å². The molecule has 5 rings (SSSR count). The molecule has 4 aromatic rings. The van der Waals surface area contributed by atoms with Gasteiger partial charge in [-0.3, -0.25) is 4.90 Å². The molecule has 1 N–H and O–H groups in total. The van der Waals surface area contributed by atoms with Gasteiger partial charge < -0.3 is 9.84 Å². The smallest absolute Gasteiger partial charge is 0.406 e. The predicted octanol–water partition coefficient (Wildman–Crippen LogP) is 6.92. The van der Waals surface area contributed by atoms with Crippen LogP contribution in [0.25, 0.3) is 17.1 Å². The first-order chi connectivity index (χ1) is 19.9. The molecule has 1 aliphatic rings. The first-order valence-corrected chi connectivity index (χ1v) is 14.1. The summed E-state index contributed by atoms with van der Waals surface area (Å²) < 4.78 is 42.6. The van der Waals surface area contributed by atoms with Crippen molar-refractivity contribution in [1.82, 2.24) is 14.8 Å². The van der Waals surface area contributed by atoms with Crippen LogP contribution in [0.4, 0.5) is 18.9 Å². The first-order valence-electron chi connectivity index (χ1n) is 13.2. The highest BCUT2D eigenvalue weighted by Gasteiger charge is 2.41. The third-order valence-electron chi connectivity index (χ3n) is 6.61. The highest BCUT2D eigenvalue weighted by Crippen LogP contribution is 2.40. The topological polar surface area (TPSA) is 88.1 Å². The molecule has 12 heteroatoms. The second-order valence-electron chi connectivity index (χ2n) is 10.3. The maximum Gasteiger partial charge on any atom is 0.573 e. The Hall–Kier alpha value is -4.16. The van der Waals surface area contributed by atoms with Crippen LogP contribution in [0.3, 0.4) is 0 Å². The summed E-state index contributed by atoms with van der Waals surface area (Å²) in [5, 5.41) is 25.0. The molecule has 2 heterocycles. The highest BCUT2D eigenvalue weighted by molar-refractivity contribution is 8.14. The SMILES string of the molecule is Cc1cccc(N2/C(=N/N=C/c3ccc(-c4ncn(-c5ccc(OC(F)(F)F)cc5)n4)cc3)SCC2(C)O)c1C(C)C. The molecule has 218 valence electrons. The lowest BCUT2D eigenvalue weighted by atomic mass is 9.95. The van der Waals surface area contributed by atoms with Crippen molar-refractivity contribution in [1.29, 1.82) is 0 Å². The summed E-state index contributed by atoms with van der Waals surface area (Å²) >= 11 is 1.45. The summed E-state index contributed by atoms with van der Waals surface area (Å²) in [6.07, 6.45) is -1.63. The number of benzene rings is 3. The fourth-order valence-corrected chi connectivity index (χ4v) is 5.83. The van der Waals surface area contributed by atoms with Gasteiger partial charge in [0.15, 0.2) is 16.7 Å². The van der Waals surface area contributed by atoms with Crippen LogP contribution >= 0.6 is 11.8 Å². The lowest BCUT2D eigenvalue weighted by Gasteiger charge is -2.33. The molecule has 3 aromatic carbocycles. The Bertz CT molecular complexity index is 1610. The molecule has 0 saturated carbocycles. The van der Waals surface area contributed by atoms with E-state index >= 15 is 0 Å². The maximum absolute atomic E-state index is 12.4. The lowest BCUT2D eigenvalue weighted by Crippen LogP contribution is -2.45. The molecule has 1 unspecified atom stereocenters. The maximum atomic E-state index is 12.4.